The van der Waals surface area contributed by atoms with Gasteiger partial charge in [0.05, 0.1) is 7.11 Å². The molecule has 0 aliphatic carbocycles. The topological polar surface area (TPSA) is 39.2 Å². The summed E-state index contributed by atoms with van der Waals surface area (Å²) >= 11 is 5.74. The van der Waals surface area contributed by atoms with Crippen LogP contribution in [0.25, 0.3) is 6.08 Å². The fourth-order valence-corrected chi connectivity index (χ4v) is 0.931. The summed E-state index contributed by atoms with van der Waals surface area (Å²) in [5.41, 5.74) is 0.689. The number of hydrogen-bond acceptors (Lipinski definition) is 3. The number of carbonyl (C=O) groups excluding carboxylic acids is 1. The highest BCUT2D eigenvalue weighted by Crippen LogP contribution is 2.12. The van der Waals surface area contributed by atoms with E-state index in [2.05, 4.69) is 9.72 Å². The average molecular weight is 198 g/mol. The molecule has 13 heavy (non-hydrogen) atoms. The third kappa shape index (κ3) is 2.87. The van der Waals surface area contributed by atoms with Crippen molar-refractivity contribution in [1.29, 1.82) is 0 Å². The second-order valence-electron chi connectivity index (χ2n) is 2.24. The molecule has 1 heterocycles. The van der Waals surface area contributed by atoms with Crippen LogP contribution in [0.15, 0.2) is 24.4 Å². The van der Waals surface area contributed by atoms with Crippen molar-refractivity contribution in [3.63, 3.8) is 0 Å². The Hall–Kier alpha value is -1.35. The number of methoxy groups -OCH3 is 1. The van der Waals surface area contributed by atoms with E-state index in [1.165, 1.54) is 13.2 Å². The van der Waals surface area contributed by atoms with Gasteiger partial charge in [0.2, 0.25) is 0 Å². The molecule has 0 spiro atoms. The zero-order chi connectivity index (χ0) is 9.68. The highest BCUT2D eigenvalue weighted by Gasteiger charge is 1.96. The number of aromatic nitrogens is 1. The minimum Gasteiger partial charge on any atom is -0.466 e. The predicted octanol–water partition coefficient (Wildman–Crippen LogP) is 1.92. The zero-order valence-electron chi connectivity index (χ0n) is 7.03. The third-order valence-electron chi connectivity index (χ3n) is 1.39. The van der Waals surface area contributed by atoms with E-state index in [0.717, 1.165) is 0 Å². The Bertz CT molecular complexity index is 336. The molecule has 68 valence electrons. The van der Waals surface area contributed by atoms with Crippen LogP contribution in [0.4, 0.5) is 0 Å². The molecule has 1 rings (SSSR count). The Morgan fingerprint density at radius 3 is 3.08 bits per heavy atom. The van der Waals surface area contributed by atoms with Gasteiger partial charge in [0.1, 0.15) is 5.15 Å². The molecular formula is C9H8ClNO2. The Kier molecular flexibility index (Phi) is 3.46. The molecule has 0 saturated carbocycles. The molecule has 0 atom stereocenters. The SMILES string of the molecule is COC(=O)/C=C\c1cccnc1Cl. The molecule has 0 bridgehead atoms. The van der Waals surface area contributed by atoms with Crippen molar-refractivity contribution in [2.45, 2.75) is 0 Å². The van der Waals surface area contributed by atoms with Crippen LogP contribution in [0.3, 0.4) is 0 Å². The minimum absolute atomic E-state index is 0.364. The smallest absolute Gasteiger partial charge is 0.330 e. The lowest BCUT2D eigenvalue weighted by molar-refractivity contribution is -0.134. The van der Waals surface area contributed by atoms with Gasteiger partial charge in [0.15, 0.2) is 0 Å². The maximum absolute atomic E-state index is 10.7. The van der Waals surface area contributed by atoms with Crippen LogP contribution in [0.2, 0.25) is 5.15 Å². The maximum Gasteiger partial charge on any atom is 0.330 e. The molecule has 1 aromatic rings. The first kappa shape index (κ1) is 9.74. The highest BCUT2D eigenvalue weighted by atomic mass is 35.5. The van der Waals surface area contributed by atoms with E-state index in [9.17, 15) is 4.79 Å². The highest BCUT2D eigenvalue weighted by molar-refractivity contribution is 6.30. The lowest BCUT2D eigenvalue weighted by Gasteiger charge is -1.94. The quantitative estimate of drug-likeness (QED) is 0.413. The van der Waals surface area contributed by atoms with E-state index in [0.29, 0.717) is 10.7 Å². The van der Waals surface area contributed by atoms with Gasteiger partial charge in [-0.1, -0.05) is 17.7 Å². The molecule has 0 aliphatic heterocycles. The Balaban J connectivity index is 2.80. The molecular weight excluding hydrogens is 190 g/mol. The largest absolute Gasteiger partial charge is 0.466 e. The van der Waals surface area contributed by atoms with Crippen LogP contribution in [-0.4, -0.2) is 18.1 Å². The summed E-state index contributed by atoms with van der Waals surface area (Å²) in [6, 6.07) is 3.50. The number of hydrogen-bond donors (Lipinski definition) is 0. The fourth-order valence-electron chi connectivity index (χ4n) is 0.749. The van der Waals surface area contributed by atoms with Crippen LogP contribution in [-0.2, 0) is 9.53 Å². The second kappa shape index (κ2) is 4.62. The molecule has 0 radical (unpaired) electrons. The Labute approximate surface area is 81.0 Å². The second-order valence-corrected chi connectivity index (χ2v) is 2.60. The molecule has 1 aromatic heterocycles. The number of carbonyl (C=O) groups is 1. The minimum atomic E-state index is -0.417. The van der Waals surface area contributed by atoms with Gasteiger partial charge in [-0.2, -0.15) is 0 Å². The summed E-state index contributed by atoms with van der Waals surface area (Å²) < 4.78 is 4.42. The van der Waals surface area contributed by atoms with Gasteiger partial charge in [0.25, 0.3) is 0 Å². The average Bonchev–Trinajstić information content (AvgIpc) is 2.16. The lowest BCUT2D eigenvalue weighted by atomic mass is 10.2. The summed E-state index contributed by atoms with van der Waals surface area (Å²) in [5, 5.41) is 0.364. The van der Waals surface area contributed by atoms with Gasteiger partial charge in [-0.15, -0.1) is 0 Å². The van der Waals surface area contributed by atoms with Crippen LogP contribution in [0.1, 0.15) is 5.56 Å². The number of ether oxygens (including phenoxy) is 1. The predicted molar refractivity (Wildman–Crippen MR) is 50.3 cm³/mol. The molecule has 0 aliphatic rings. The number of rotatable bonds is 2. The van der Waals surface area contributed by atoms with E-state index in [4.69, 9.17) is 11.6 Å². The van der Waals surface area contributed by atoms with Crippen molar-refractivity contribution >= 4 is 23.6 Å². The Morgan fingerprint density at radius 2 is 2.46 bits per heavy atom. The molecule has 0 aromatic carbocycles. The molecule has 0 saturated heterocycles. The van der Waals surface area contributed by atoms with Gasteiger partial charge >= 0.3 is 5.97 Å². The van der Waals surface area contributed by atoms with Gasteiger partial charge < -0.3 is 4.74 Å². The normalized spacial score (nSPS) is 10.3. The van der Waals surface area contributed by atoms with E-state index in [1.54, 1.807) is 24.4 Å². The van der Waals surface area contributed by atoms with Crippen LogP contribution in [0.5, 0.6) is 0 Å². The zero-order valence-corrected chi connectivity index (χ0v) is 7.78. The van der Waals surface area contributed by atoms with Crippen molar-refractivity contribution < 1.29 is 9.53 Å². The van der Waals surface area contributed by atoms with Crippen LogP contribution < -0.4 is 0 Å². The van der Waals surface area contributed by atoms with E-state index >= 15 is 0 Å². The summed E-state index contributed by atoms with van der Waals surface area (Å²) in [6.45, 7) is 0. The van der Waals surface area contributed by atoms with Gasteiger partial charge in [-0.3, -0.25) is 0 Å². The fraction of sp³-hybridized carbons (Fsp3) is 0.111. The van der Waals surface area contributed by atoms with E-state index in [-0.39, 0.29) is 0 Å². The first-order valence-corrected chi connectivity index (χ1v) is 3.98. The summed E-state index contributed by atoms with van der Waals surface area (Å²) in [5.74, 6) is -0.417. The van der Waals surface area contributed by atoms with Gasteiger partial charge in [0, 0.05) is 17.8 Å². The molecule has 0 fully saturated rings. The van der Waals surface area contributed by atoms with Crippen molar-refractivity contribution in [1.82, 2.24) is 4.98 Å². The number of halogens is 1. The van der Waals surface area contributed by atoms with Crippen molar-refractivity contribution in [3.8, 4) is 0 Å². The molecule has 3 nitrogen and oxygen atoms in total. The standard InChI is InChI=1S/C9H8ClNO2/c1-13-8(12)5-4-7-3-2-6-11-9(7)10/h2-6H,1H3/b5-4-. The van der Waals surface area contributed by atoms with Crippen molar-refractivity contribution in [2.24, 2.45) is 0 Å². The molecule has 0 amide bonds. The van der Waals surface area contributed by atoms with E-state index < -0.39 is 5.97 Å². The number of pyridine rings is 1. The van der Waals surface area contributed by atoms with E-state index in [1.807, 2.05) is 0 Å². The van der Waals surface area contributed by atoms with Gasteiger partial charge in [-0.05, 0) is 12.1 Å². The van der Waals surface area contributed by atoms with Crippen LogP contribution >= 0.6 is 11.6 Å². The molecule has 0 N–H and O–H groups in total. The number of nitrogens with zero attached hydrogens (tertiary/aromatic N) is 1. The summed E-state index contributed by atoms with van der Waals surface area (Å²) in [6.07, 6.45) is 4.43. The van der Waals surface area contributed by atoms with Crippen molar-refractivity contribution in [2.75, 3.05) is 7.11 Å². The summed E-state index contributed by atoms with van der Waals surface area (Å²) in [4.78, 5) is 14.6. The van der Waals surface area contributed by atoms with Gasteiger partial charge in [-0.25, -0.2) is 9.78 Å². The Morgan fingerprint density at radius 1 is 1.69 bits per heavy atom. The van der Waals surface area contributed by atoms with Crippen LogP contribution in [0, 0.1) is 0 Å². The lowest BCUT2D eigenvalue weighted by Crippen LogP contribution is -1.93. The monoisotopic (exact) mass is 197 g/mol. The third-order valence-corrected chi connectivity index (χ3v) is 1.70. The number of esters is 1. The first-order chi connectivity index (χ1) is 6.24. The first-order valence-electron chi connectivity index (χ1n) is 3.60. The summed E-state index contributed by atoms with van der Waals surface area (Å²) in [7, 11) is 1.32. The molecule has 4 heteroatoms. The molecule has 0 unspecified atom stereocenters. The maximum atomic E-state index is 10.7. The van der Waals surface area contributed by atoms with Crippen molar-refractivity contribution in [3.05, 3.63) is 35.1 Å².